The van der Waals surface area contributed by atoms with Crippen LogP contribution in [0.5, 0.6) is 0 Å². The first-order valence-corrected chi connectivity index (χ1v) is 7.63. The van der Waals surface area contributed by atoms with Crippen molar-refractivity contribution in [3.63, 3.8) is 0 Å². The van der Waals surface area contributed by atoms with Gasteiger partial charge in [-0.15, -0.1) is 0 Å². The van der Waals surface area contributed by atoms with E-state index >= 15 is 0 Å². The van der Waals surface area contributed by atoms with E-state index in [-0.39, 0.29) is 0 Å². The van der Waals surface area contributed by atoms with Gasteiger partial charge in [0.15, 0.2) is 0 Å². The highest BCUT2D eigenvalue weighted by molar-refractivity contribution is 7.07. The number of hydrogen-bond donors (Lipinski definition) is 0. The van der Waals surface area contributed by atoms with E-state index in [0.29, 0.717) is 6.04 Å². The van der Waals surface area contributed by atoms with E-state index in [1.54, 1.807) is 11.3 Å². The van der Waals surface area contributed by atoms with Gasteiger partial charge in [-0.05, 0) is 49.1 Å². The number of aryl methyl sites for hydroxylation is 2. The van der Waals surface area contributed by atoms with Crippen molar-refractivity contribution in [2.75, 3.05) is 11.9 Å². The molecule has 1 unspecified atom stereocenters. The van der Waals surface area contributed by atoms with Gasteiger partial charge in [-0.1, -0.05) is 6.92 Å². The van der Waals surface area contributed by atoms with E-state index in [4.69, 9.17) is 0 Å². The molecule has 2 rings (SSSR count). The zero-order valence-corrected chi connectivity index (χ0v) is 12.9. The van der Waals surface area contributed by atoms with Crippen molar-refractivity contribution < 1.29 is 0 Å². The number of rotatable bonds is 5. The summed E-state index contributed by atoms with van der Waals surface area (Å²) in [5.74, 6) is 1.87. The van der Waals surface area contributed by atoms with Crippen molar-refractivity contribution in [1.82, 2.24) is 9.97 Å². The SMILES string of the molecule is CCc1cc(N(C)C(C)Cc2ccsc2)nc(C)n1. The summed E-state index contributed by atoms with van der Waals surface area (Å²) < 4.78 is 0. The lowest BCUT2D eigenvalue weighted by atomic mass is 10.1. The van der Waals surface area contributed by atoms with E-state index in [1.165, 1.54) is 5.56 Å². The first-order valence-electron chi connectivity index (χ1n) is 6.68. The maximum atomic E-state index is 4.55. The van der Waals surface area contributed by atoms with Crippen molar-refractivity contribution in [2.45, 2.75) is 39.7 Å². The molecule has 2 aromatic heterocycles. The van der Waals surface area contributed by atoms with Crippen LogP contribution in [-0.4, -0.2) is 23.1 Å². The second-order valence-corrected chi connectivity index (χ2v) is 5.69. The zero-order valence-electron chi connectivity index (χ0n) is 12.1. The van der Waals surface area contributed by atoms with Crippen molar-refractivity contribution in [1.29, 1.82) is 0 Å². The van der Waals surface area contributed by atoms with E-state index in [9.17, 15) is 0 Å². The molecule has 4 heteroatoms. The Hall–Kier alpha value is -1.42. The molecular weight excluding hydrogens is 254 g/mol. The smallest absolute Gasteiger partial charge is 0.132 e. The molecule has 19 heavy (non-hydrogen) atoms. The van der Waals surface area contributed by atoms with Gasteiger partial charge in [0, 0.05) is 24.8 Å². The summed E-state index contributed by atoms with van der Waals surface area (Å²) >= 11 is 1.75. The highest BCUT2D eigenvalue weighted by Crippen LogP contribution is 2.17. The topological polar surface area (TPSA) is 29.0 Å². The molecule has 0 amide bonds. The third kappa shape index (κ3) is 3.53. The number of thiophene rings is 1. The quantitative estimate of drug-likeness (QED) is 0.836. The summed E-state index contributed by atoms with van der Waals surface area (Å²) in [7, 11) is 2.11. The lowest BCUT2D eigenvalue weighted by Gasteiger charge is -2.26. The molecule has 0 aliphatic rings. The van der Waals surface area contributed by atoms with Crippen LogP contribution < -0.4 is 4.90 Å². The van der Waals surface area contributed by atoms with Gasteiger partial charge in [-0.25, -0.2) is 9.97 Å². The first-order chi connectivity index (χ1) is 9.10. The summed E-state index contributed by atoms with van der Waals surface area (Å²) in [6.45, 7) is 6.32. The summed E-state index contributed by atoms with van der Waals surface area (Å²) in [4.78, 5) is 11.2. The van der Waals surface area contributed by atoms with Gasteiger partial charge in [0.05, 0.1) is 0 Å². The van der Waals surface area contributed by atoms with Crippen LogP contribution in [0.4, 0.5) is 5.82 Å². The minimum absolute atomic E-state index is 0.425. The molecule has 0 radical (unpaired) electrons. The predicted octanol–water partition coefficient (Wildman–Crippen LogP) is 3.48. The molecule has 2 heterocycles. The maximum absolute atomic E-state index is 4.55. The van der Waals surface area contributed by atoms with Crippen molar-refractivity contribution in [2.24, 2.45) is 0 Å². The fourth-order valence-corrected chi connectivity index (χ4v) is 2.77. The van der Waals surface area contributed by atoms with E-state index < -0.39 is 0 Å². The fourth-order valence-electron chi connectivity index (χ4n) is 2.09. The molecule has 0 aliphatic heterocycles. The number of nitrogens with zero attached hydrogens (tertiary/aromatic N) is 3. The Kier molecular flexibility index (Phi) is 4.53. The Labute approximate surface area is 119 Å². The lowest BCUT2D eigenvalue weighted by Crippen LogP contribution is -2.31. The highest BCUT2D eigenvalue weighted by Gasteiger charge is 2.13. The Bertz CT molecular complexity index is 522. The zero-order chi connectivity index (χ0) is 13.8. The first kappa shape index (κ1) is 14.0. The van der Waals surface area contributed by atoms with Gasteiger partial charge in [0.1, 0.15) is 11.6 Å². The molecule has 0 N–H and O–H groups in total. The fraction of sp³-hybridized carbons (Fsp3) is 0.467. The number of aromatic nitrogens is 2. The maximum Gasteiger partial charge on any atom is 0.132 e. The summed E-state index contributed by atoms with van der Waals surface area (Å²) in [5.41, 5.74) is 2.50. The highest BCUT2D eigenvalue weighted by atomic mass is 32.1. The molecule has 0 spiro atoms. The van der Waals surface area contributed by atoms with E-state index in [0.717, 1.165) is 30.2 Å². The van der Waals surface area contributed by atoms with Gasteiger partial charge < -0.3 is 4.90 Å². The van der Waals surface area contributed by atoms with Crippen LogP contribution in [-0.2, 0) is 12.8 Å². The van der Waals surface area contributed by atoms with Crippen LogP contribution in [0.1, 0.15) is 30.9 Å². The summed E-state index contributed by atoms with van der Waals surface area (Å²) in [6, 6.07) is 4.71. The molecule has 1 atom stereocenters. The standard InChI is InChI=1S/C15H21N3S/c1-5-14-9-15(17-12(3)16-14)18(4)11(2)8-13-6-7-19-10-13/h6-7,9-11H,5,8H2,1-4H3. The predicted molar refractivity (Wildman–Crippen MR) is 82.0 cm³/mol. The summed E-state index contributed by atoms with van der Waals surface area (Å²) in [6.07, 6.45) is 1.99. The van der Waals surface area contributed by atoms with Gasteiger partial charge in [0.25, 0.3) is 0 Å². The number of anilines is 1. The van der Waals surface area contributed by atoms with Crippen molar-refractivity contribution in [3.05, 3.63) is 40.0 Å². The molecule has 0 bridgehead atoms. The van der Waals surface area contributed by atoms with Crippen LogP contribution in [0.2, 0.25) is 0 Å². The largest absolute Gasteiger partial charge is 0.357 e. The van der Waals surface area contributed by atoms with Crippen molar-refractivity contribution in [3.8, 4) is 0 Å². The minimum atomic E-state index is 0.425. The van der Waals surface area contributed by atoms with E-state index in [1.807, 2.05) is 6.92 Å². The molecular formula is C15H21N3S. The van der Waals surface area contributed by atoms with Gasteiger partial charge in [-0.2, -0.15) is 11.3 Å². The Morgan fingerprint density at radius 3 is 2.79 bits per heavy atom. The molecule has 0 aromatic carbocycles. The van der Waals surface area contributed by atoms with Gasteiger partial charge in [0.2, 0.25) is 0 Å². The van der Waals surface area contributed by atoms with Crippen LogP contribution in [0.25, 0.3) is 0 Å². The average Bonchev–Trinajstić information content (AvgIpc) is 2.89. The normalized spacial score (nSPS) is 12.4. The Balaban J connectivity index is 2.14. The number of hydrogen-bond acceptors (Lipinski definition) is 4. The molecule has 0 fully saturated rings. The average molecular weight is 275 g/mol. The van der Waals surface area contributed by atoms with Crippen LogP contribution >= 0.6 is 11.3 Å². The molecule has 3 nitrogen and oxygen atoms in total. The van der Waals surface area contributed by atoms with Gasteiger partial charge in [-0.3, -0.25) is 0 Å². The third-order valence-corrected chi connectivity index (χ3v) is 4.11. The minimum Gasteiger partial charge on any atom is -0.357 e. The van der Waals surface area contributed by atoms with Crippen LogP contribution in [0.15, 0.2) is 22.9 Å². The molecule has 0 saturated heterocycles. The van der Waals surface area contributed by atoms with E-state index in [2.05, 4.69) is 58.7 Å². The molecule has 0 saturated carbocycles. The monoisotopic (exact) mass is 275 g/mol. The van der Waals surface area contributed by atoms with Crippen LogP contribution in [0, 0.1) is 6.92 Å². The molecule has 2 aromatic rings. The molecule has 0 aliphatic carbocycles. The lowest BCUT2D eigenvalue weighted by molar-refractivity contribution is 0.672. The number of likely N-dealkylation sites (N-methyl/N-ethyl adjacent to an activating group) is 1. The second kappa shape index (κ2) is 6.15. The van der Waals surface area contributed by atoms with Gasteiger partial charge >= 0.3 is 0 Å². The Morgan fingerprint density at radius 1 is 1.37 bits per heavy atom. The third-order valence-electron chi connectivity index (χ3n) is 3.37. The Morgan fingerprint density at radius 2 is 2.16 bits per heavy atom. The molecule has 102 valence electrons. The summed E-state index contributed by atoms with van der Waals surface area (Å²) in [5, 5.41) is 4.35. The van der Waals surface area contributed by atoms with Crippen molar-refractivity contribution >= 4 is 17.2 Å². The van der Waals surface area contributed by atoms with Crippen LogP contribution in [0.3, 0.4) is 0 Å². The second-order valence-electron chi connectivity index (χ2n) is 4.91.